The average molecular weight is 391 g/mol. The van der Waals surface area contributed by atoms with Crippen molar-refractivity contribution in [3.8, 4) is 11.5 Å². The first-order chi connectivity index (χ1) is 13.0. The van der Waals surface area contributed by atoms with E-state index < -0.39 is 5.60 Å². The third-order valence-electron chi connectivity index (χ3n) is 3.61. The molecule has 1 saturated heterocycles. The van der Waals surface area contributed by atoms with Crippen LogP contribution in [0.4, 0.5) is 11.4 Å². The molecule has 0 spiro atoms. The second kappa shape index (κ2) is 10.8. The van der Waals surface area contributed by atoms with Crippen molar-refractivity contribution in [1.29, 1.82) is 0 Å². The number of anilines is 2. The van der Waals surface area contributed by atoms with Crippen LogP contribution in [-0.4, -0.2) is 43.7 Å². The van der Waals surface area contributed by atoms with Crippen molar-refractivity contribution < 1.29 is 19.3 Å². The zero-order valence-electron chi connectivity index (χ0n) is 17.8. The number of aliphatic hydroxyl groups is 1. The number of rotatable bonds is 5. The Morgan fingerprint density at radius 1 is 1.07 bits per heavy atom. The fourth-order valence-corrected chi connectivity index (χ4v) is 1.84. The van der Waals surface area contributed by atoms with Crippen molar-refractivity contribution in [2.75, 3.05) is 38.4 Å². The van der Waals surface area contributed by atoms with Crippen LogP contribution < -0.4 is 20.5 Å². The molecule has 28 heavy (non-hydrogen) atoms. The Hall–Kier alpha value is -2.44. The van der Waals surface area contributed by atoms with Crippen LogP contribution in [0.2, 0.25) is 0 Å². The summed E-state index contributed by atoms with van der Waals surface area (Å²) in [5.74, 6) is 1.61. The quantitative estimate of drug-likeness (QED) is 0.529. The molecular weight excluding hydrogens is 356 g/mol. The molecule has 2 aromatic carbocycles. The largest absolute Gasteiger partial charge is 0.497 e. The van der Waals surface area contributed by atoms with Gasteiger partial charge in [-0.05, 0) is 52.0 Å². The molecule has 0 radical (unpaired) electrons. The third kappa shape index (κ3) is 11.3. The first kappa shape index (κ1) is 23.6. The molecule has 3 rings (SSSR count). The van der Waals surface area contributed by atoms with Crippen LogP contribution in [0.5, 0.6) is 11.5 Å². The summed E-state index contributed by atoms with van der Waals surface area (Å²) in [6.07, 6.45) is 0. The fraction of sp³-hybridized carbons (Fsp3) is 0.455. The van der Waals surface area contributed by atoms with Crippen LogP contribution >= 0.6 is 0 Å². The molecule has 1 aliphatic rings. The molecule has 1 aliphatic heterocycles. The Labute approximate surface area is 168 Å². The highest BCUT2D eigenvalue weighted by molar-refractivity contribution is 5.48. The molecule has 1 heterocycles. The van der Waals surface area contributed by atoms with E-state index >= 15 is 0 Å². The highest BCUT2D eigenvalue weighted by Crippen LogP contribution is 2.23. The summed E-state index contributed by atoms with van der Waals surface area (Å²) in [4.78, 5) is 0. The maximum Gasteiger partial charge on any atom is 0.120 e. The Morgan fingerprint density at radius 2 is 1.57 bits per heavy atom. The highest BCUT2D eigenvalue weighted by atomic mass is 16.6. The van der Waals surface area contributed by atoms with Gasteiger partial charge in [-0.25, -0.2) is 0 Å². The number of hydrogen-bond acceptors (Lipinski definition) is 6. The number of nitrogen functional groups attached to an aromatic ring is 1. The topological polar surface area (TPSA) is 89.3 Å². The average Bonchev–Trinajstić information content (AvgIpc) is 3.35. The summed E-state index contributed by atoms with van der Waals surface area (Å²) >= 11 is 0. The van der Waals surface area contributed by atoms with E-state index in [2.05, 4.69) is 19.2 Å². The highest BCUT2D eigenvalue weighted by Gasteiger charge is 2.32. The van der Waals surface area contributed by atoms with Crippen molar-refractivity contribution in [3.05, 3.63) is 48.5 Å². The molecule has 0 bridgehead atoms. The summed E-state index contributed by atoms with van der Waals surface area (Å²) < 4.78 is 14.9. The van der Waals surface area contributed by atoms with Crippen LogP contribution in [0.1, 0.15) is 27.7 Å². The van der Waals surface area contributed by atoms with Gasteiger partial charge in [0.15, 0.2) is 0 Å². The molecule has 1 fully saturated rings. The van der Waals surface area contributed by atoms with Crippen molar-refractivity contribution >= 4 is 11.4 Å². The van der Waals surface area contributed by atoms with E-state index in [1.807, 2.05) is 42.5 Å². The Kier molecular flexibility index (Phi) is 9.09. The molecule has 0 aliphatic carbocycles. The van der Waals surface area contributed by atoms with E-state index in [1.54, 1.807) is 34.1 Å². The lowest BCUT2D eigenvalue weighted by Crippen LogP contribution is -2.29. The van der Waals surface area contributed by atoms with Crippen LogP contribution in [-0.2, 0) is 4.74 Å². The van der Waals surface area contributed by atoms with E-state index in [9.17, 15) is 5.11 Å². The van der Waals surface area contributed by atoms with Gasteiger partial charge in [0.2, 0.25) is 0 Å². The van der Waals surface area contributed by atoms with Crippen LogP contribution in [0.25, 0.3) is 0 Å². The van der Waals surface area contributed by atoms with Gasteiger partial charge in [0.25, 0.3) is 0 Å². The van der Waals surface area contributed by atoms with Crippen molar-refractivity contribution in [2.24, 2.45) is 0 Å². The van der Waals surface area contributed by atoms with E-state index in [0.29, 0.717) is 6.54 Å². The van der Waals surface area contributed by atoms with Gasteiger partial charge in [-0.2, -0.15) is 0 Å². The van der Waals surface area contributed by atoms with Gasteiger partial charge in [-0.1, -0.05) is 12.1 Å². The van der Waals surface area contributed by atoms with Crippen LogP contribution in [0, 0.1) is 0 Å². The SMILES string of the molecule is CC1(C)CO1.COc1cccc(N)c1.COc1cccc(NCC(C)(C)O)c1. The zero-order valence-corrected chi connectivity index (χ0v) is 17.8. The molecule has 156 valence electrons. The Bertz CT molecular complexity index is 706. The first-order valence-electron chi connectivity index (χ1n) is 9.18. The van der Waals surface area contributed by atoms with Gasteiger partial charge < -0.3 is 30.4 Å². The predicted molar refractivity (Wildman–Crippen MR) is 115 cm³/mol. The summed E-state index contributed by atoms with van der Waals surface area (Å²) in [7, 11) is 3.25. The van der Waals surface area contributed by atoms with E-state index in [4.69, 9.17) is 19.9 Å². The molecule has 6 heteroatoms. The maximum absolute atomic E-state index is 9.51. The smallest absolute Gasteiger partial charge is 0.120 e. The number of epoxide rings is 1. The predicted octanol–water partition coefficient (Wildman–Crippen LogP) is 3.95. The normalized spacial score (nSPS) is 13.8. The minimum absolute atomic E-state index is 0.250. The lowest BCUT2D eigenvalue weighted by atomic mass is 10.1. The number of methoxy groups -OCH3 is 2. The molecule has 6 nitrogen and oxygen atoms in total. The molecular formula is C22H34N2O4. The Morgan fingerprint density at radius 3 is 1.96 bits per heavy atom. The van der Waals surface area contributed by atoms with Gasteiger partial charge in [0.05, 0.1) is 32.0 Å². The van der Waals surface area contributed by atoms with E-state index in [0.717, 1.165) is 29.5 Å². The fourth-order valence-electron chi connectivity index (χ4n) is 1.84. The van der Waals surface area contributed by atoms with Gasteiger partial charge in [0, 0.05) is 30.1 Å². The second-order valence-electron chi connectivity index (χ2n) is 7.72. The lowest BCUT2D eigenvalue weighted by molar-refractivity contribution is 0.0945. The van der Waals surface area contributed by atoms with Crippen LogP contribution in [0.15, 0.2) is 48.5 Å². The molecule has 0 saturated carbocycles. The van der Waals surface area contributed by atoms with Gasteiger partial charge in [-0.15, -0.1) is 0 Å². The first-order valence-corrected chi connectivity index (χ1v) is 9.18. The monoisotopic (exact) mass is 390 g/mol. The van der Waals surface area contributed by atoms with Crippen molar-refractivity contribution in [2.45, 2.75) is 38.9 Å². The summed E-state index contributed by atoms with van der Waals surface area (Å²) in [5.41, 5.74) is 6.68. The van der Waals surface area contributed by atoms with Gasteiger partial charge in [-0.3, -0.25) is 0 Å². The van der Waals surface area contributed by atoms with Crippen LogP contribution in [0.3, 0.4) is 0 Å². The molecule has 0 unspecified atom stereocenters. The number of nitrogens with two attached hydrogens (primary N) is 1. The lowest BCUT2D eigenvalue weighted by Gasteiger charge is -2.18. The molecule has 2 aromatic rings. The standard InChI is InChI=1S/C11H17NO2.C7H9NO.C4H8O/c1-11(2,13)8-12-9-5-4-6-10(7-9)14-3;1-9-7-4-2-3-6(8)5-7;1-4(2)3-5-4/h4-7,12-13H,8H2,1-3H3;2-5H,8H2,1H3;3H2,1-2H3. The number of hydrogen-bond donors (Lipinski definition) is 3. The minimum Gasteiger partial charge on any atom is -0.497 e. The molecule has 0 amide bonds. The van der Waals surface area contributed by atoms with Crippen molar-refractivity contribution in [1.82, 2.24) is 0 Å². The second-order valence-corrected chi connectivity index (χ2v) is 7.72. The number of benzene rings is 2. The molecule has 4 N–H and O–H groups in total. The number of ether oxygens (including phenoxy) is 3. The van der Waals surface area contributed by atoms with Crippen molar-refractivity contribution in [3.63, 3.8) is 0 Å². The van der Waals surface area contributed by atoms with E-state index in [-0.39, 0.29) is 5.60 Å². The summed E-state index contributed by atoms with van der Waals surface area (Å²) in [5, 5.41) is 12.6. The molecule has 0 atom stereocenters. The molecule has 0 aromatic heterocycles. The van der Waals surface area contributed by atoms with Gasteiger partial charge >= 0.3 is 0 Å². The minimum atomic E-state index is -0.705. The maximum atomic E-state index is 9.51. The van der Waals surface area contributed by atoms with Gasteiger partial charge in [0.1, 0.15) is 11.5 Å². The summed E-state index contributed by atoms with van der Waals surface area (Å²) in [6.45, 7) is 9.15. The zero-order chi connectivity index (χ0) is 21.2. The third-order valence-corrected chi connectivity index (χ3v) is 3.61. The van der Waals surface area contributed by atoms with E-state index in [1.165, 1.54) is 0 Å². The number of nitrogens with one attached hydrogen (secondary N) is 1. The Balaban J connectivity index is 0.000000237. The summed E-state index contributed by atoms with van der Waals surface area (Å²) in [6, 6.07) is 14.9.